The highest BCUT2D eigenvalue weighted by molar-refractivity contribution is 7.90. The number of nitrogens with two attached hydrogens (primary N) is 1. The molecule has 204 valence electrons. The molecule has 0 radical (unpaired) electrons. The van der Waals surface area contributed by atoms with Crippen molar-refractivity contribution >= 4 is 50.2 Å². The van der Waals surface area contributed by atoms with Gasteiger partial charge in [-0.3, -0.25) is 4.79 Å². The average molecular weight is 556 g/mol. The first-order valence-electron chi connectivity index (χ1n) is 12.4. The number of anilines is 4. The van der Waals surface area contributed by atoms with Gasteiger partial charge in [0.25, 0.3) is 15.9 Å². The van der Waals surface area contributed by atoms with Crippen LogP contribution in [-0.4, -0.2) is 30.1 Å². The number of nitrogens with one attached hydrogen (secondary N) is 3. The third-order valence-corrected chi connectivity index (χ3v) is 7.08. The molecule has 0 fully saturated rings. The second kappa shape index (κ2) is 12.7. The van der Waals surface area contributed by atoms with Gasteiger partial charge in [-0.05, 0) is 73.5 Å². The van der Waals surface area contributed by atoms with Crippen LogP contribution in [0.5, 0.6) is 0 Å². The molecule has 40 heavy (non-hydrogen) atoms. The van der Waals surface area contributed by atoms with Crippen LogP contribution >= 0.6 is 0 Å². The molecular weight excluding hydrogens is 526 g/mol. The van der Waals surface area contributed by atoms with Crippen LogP contribution in [0.3, 0.4) is 0 Å². The molecule has 0 aliphatic heterocycles. The van der Waals surface area contributed by atoms with Gasteiger partial charge in [-0.2, -0.15) is 8.42 Å². The predicted octanol–water partition coefficient (Wildman–Crippen LogP) is 5.20. The largest absolute Gasteiger partial charge is 0.399 e. The molecule has 4 rings (SSSR count). The lowest BCUT2D eigenvalue weighted by Crippen LogP contribution is -2.16. The van der Waals surface area contributed by atoms with Gasteiger partial charge in [-0.25, -0.2) is 9.97 Å². The fourth-order valence-electron chi connectivity index (χ4n) is 3.66. The first kappa shape index (κ1) is 28.0. The average Bonchev–Trinajstić information content (AvgIpc) is 2.94. The number of aromatic nitrogens is 2. The Labute approximate surface area is 233 Å². The van der Waals surface area contributed by atoms with Gasteiger partial charge in [-0.1, -0.05) is 31.2 Å². The van der Waals surface area contributed by atoms with E-state index in [1.807, 2.05) is 19.1 Å². The Morgan fingerprint density at radius 3 is 2.40 bits per heavy atom. The van der Waals surface area contributed by atoms with Crippen LogP contribution in [-0.2, 0) is 10.0 Å². The van der Waals surface area contributed by atoms with E-state index in [0.717, 1.165) is 5.57 Å². The van der Waals surface area contributed by atoms with Crippen molar-refractivity contribution in [2.75, 3.05) is 16.4 Å². The van der Waals surface area contributed by atoms with Crippen molar-refractivity contribution in [3.05, 3.63) is 109 Å². The summed E-state index contributed by atoms with van der Waals surface area (Å²) in [5.74, 6) is 0.519. The molecule has 0 aliphatic carbocycles. The number of amides is 1. The molecule has 0 unspecified atom stereocenters. The number of sulfonamides is 1. The molecule has 0 spiro atoms. The van der Waals surface area contributed by atoms with E-state index >= 15 is 0 Å². The lowest BCUT2D eigenvalue weighted by molar-refractivity contribution is 0.102. The Balaban J connectivity index is 1.45. The Morgan fingerprint density at radius 1 is 0.950 bits per heavy atom. The van der Waals surface area contributed by atoms with Crippen molar-refractivity contribution in [2.45, 2.75) is 25.2 Å². The van der Waals surface area contributed by atoms with Crippen LogP contribution in [0.25, 0.3) is 5.57 Å². The van der Waals surface area contributed by atoms with E-state index in [4.69, 9.17) is 5.73 Å². The maximum absolute atomic E-state index is 12.6. The van der Waals surface area contributed by atoms with Crippen molar-refractivity contribution in [3.63, 3.8) is 0 Å². The van der Waals surface area contributed by atoms with Crippen LogP contribution in [0.1, 0.15) is 36.3 Å². The molecule has 0 saturated carbocycles. The molecule has 0 aliphatic rings. The fraction of sp³-hybridized carbons (Fsp3) is 0.103. The van der Waals surface area contributed by atoms with Crippen LogP contribution < -0.4 is 21.7 Å². The molecule has 1 aromatic heterocycles. The summed E-state index contributed by atoms with van der Waals surface area (Å²) in [4.78, 5) is 21.3. The van der Waals surface area contributed by atoms with Crippen molar-refractivity contribution in [1.29, 1.82) is 0 Å². The maximum atomic E-state index is 12.6. The number of allylic oxidation sites excluding steroid dienone is 1. The van der Waals surface area contributed by atoms with Gasteiger partial charge >= 0.3 is 0 Å². The van der Waals surface area contributed by atoms with Gasteiger partial charge < -0.3 is 21.7 Å². The summed E-state index contributed by atoms with van der Waals surface area (Å²) >= 11 is 0. The van der Waals surface area contributed by atoms with Crippen LogP contribution in [0.4, 0.5) is 22.9 Å². The highest BCUT2D eigenvalue weighted by Crippen LogP contribution is 2.22. The molecule has 4 aromatic rings. The van der Waals surface area contributed by atoms with E-state index in [-0.39, 0.29) is 16.6 Å². The van der Waals surface area contributed by atoms with Crippen LogP contribution in [0, 0.1) is 0 Å². The van der Waals surface area contributed by atoms with Crippen molar-refractivity contribution < 1.29 is 13.2 Å². The normalized spacial score (nSPS) is 12.1. The monoisotopic (exact) mass is 555 g/mol. The van der Waals surface area contributed by atoms with Crippen molar-refractivity contribution in [2.24, 2.45) is 4.40 Å². The zero-order chi connectivity index (χ0) is 28.5. The molecule has 0 bridgehead atoms. The van der Waals surface area contributed by atoms with E-state index in [1.165, 1.54) is 18.5 Å². The van der Waals surface area contributed by atoms with Gasteiger partial charge in [0, 0.05) is 34.9 Å². The minimum absolute atomic E-state index is 0.122. The topological polar surface area (TPSA) is 151 Å². The number of hydrogen-bond acceptors (Lipinski definition) is 7. The molecule has 10 nitrogen and oxygen atoms in total. The lowest BCUT2D eigenvalue weighted by atomic mass is 10.1. The molecule has 1 heterocycles. The summed E-state index contributed by atoms with van der Waals surface area (Å²) in [7, 11) is -3.82. The summed E-state index contributed by atoms with van der Waals surface area (Å²) in [5.41, 5.74) is 9.58. The minimum atomic E-state index is -3.82. The Bertz CT molecular complexity index is 1650. The molecule has 1 amide bonds. The van der Waals surface area contributed by atoms with Gasteiger partial charge in [0.05, 0.1) is 10.6 Å². The smallest absolute Gasteiger partial charge is 0.283 e. The number of hydrogen-bond donors (Lipinski definition) is 4. The summed E-state index contributed by atoms with van der Waals surface area (Å²) in [5, 5.41) is 9.05. The molecular formula is C29H29N7O3S. The number of carbonyl (C=O) groups excluding carboxylic acids is 1. The SMILES string of the molecule is CC/C(=C\NC(C)=NS(=O)(=O)c1ccccc1)c1cc(Nc2cccc(NC(=O)c3ccc(N)cc3)c2)ncn1. The molecule has 0 saturated heterocycles. The zero-order valence-electron chi connectivity index (χ0n) is 22.0. The molecule has 5 N–H and O–H groups in total. The predicted molar refractivity (Wildman–Crippen MR) is 159 cm³/mol. The van der Waals surface area contributed by atoms with Crippen LogP contribution in [0.2, 0.25) is 0 Å². The van der Waals surface area contributed by atoms with E-state index in [2.05, 4.69) is 30.3 Å². The van der Waals surface area contributed by atoms with Crippen LogP contribution in [0.15, 0.2) is 107 Å². The second-order valence-corrected chi connectivity index (χ2v) is 10.3. The van der Waals surface area contributed by atoms with Crippen molar-refractivity contribution in [3.8, 4) is 0 Å². The zero-order valence-corrected chi connectivity index (χ0v) is 22.8. The Kier molecular flexibility index (Phi) is 8.87. The fourth-order valence-corrected chi connectivity index (χ4v) is 4.68. The van der Waals surface area contributed by atoms with Gasteiger partial charge in [-0.15, -0.1) is 4.40 Å². The third-order valence-electron chi connectivity index (χ3n) is 5.70. The van der Waals surface area contributed by atoms with E-state index < -0.39 is 10.0 Å². The summed E-state index contributed by atoms with van der Waals surface area (Å²) in [6, 6.07) is 23.7. The highest BCUT2D eigenvalue weighted by Gasteiger charge is 2.12. The standard InChI is InChI=1S/C29H29N7O3S/c1-3-21(18-31-20(2)36-40(38,39)26-10-5-4-6-11-26)27-17-28(33-19-32-27)34-24-8-7-9-25(16-24)35-29(37)22-12-14-23(30)15-13-22/h4-19H,3,30H2,1-2H3,(H,31,36)(H,35,37)(H,32,33,34)/b21-18+. The number of nitrogen functional groups attached to an aromatic ring is 1. The summed E-state index contributed by atoms with van der Waals surface area (Å²) in [6.07, 6.45) is 3.74. The van der Waals surface area contributed by atoms with Gasteiger partial charge in [0.1, 0.15) is 18.0 Å². The summed E-state index contributed by atoms with van der Waals surface area (Å²) in [6.45, 7) is 3.54. The van der Waals surface area contributed by atoms with E-state index in [9.17, 15) is 13.2 Å². The lowest BCUT2D eigenvalue weighted by Gasteiger charge is -2.11. The number of rotatable bonds is 9. The maximum Gasteiger partial charge on any atom is 0.283 e. The third kappa shape index (κ3) is 7.51. The molecule has 0 atom stereocenters. The Morgan fingerprint density at radius 2 is 1.68 bits per heavy atom. The Hall–Kier alpha value is -5.03. The number of carbonyl (C=O) groups is 1. The van der Waals surface area contributed by atoms with Gasteiger partial charge in [0.2, 0.25) is 0 Å². The number of benzene rings is 3. The summed E-state index contributed by atoms with van der Waals surface area (Å²) < 4.78 is 28.9. The first-order valence-corrected chi connectivity index (χ1v) is 13.9. The molecule has 11 heteroatoms. The minimum Gasteiger partial charge on any atom is -0.399 e. The number of amidine groups is 1. The van der Waals surface area contributed by atoms with Crippen molar-refractivity contribution in [1.82, 2.24) is 15.3 Å². The van der Waals surface area contributed by atoms with E-state index in [0.29, 0.717) is 40.6 Å². The van der Waals surface area contributed by atoms with E-state index in [1.54, 1.807) is 73.8 Å². The first-order chi connectivity index (χ1) is 19.2. The molecule has 3 aromatic carbocycles. The highest BCUT2D eigenvalue weighted by atomic mass is 32.2. The number of nitrogens with zero attached hydrogens (tertiary/aromatic N) is 3. The second-order valence-electron chi connectivity index (χ2n) is 8.70. The quantitative estimate of drug-likeness (QED) is 0.125. The van der Waals surface area contributed by atoms with Gasteiger partial charge in [0.15, 0.2) is 0 Å².